The summed E-state index contributed by atoms with van der Waals surface area (Å²) in [5.41, 5.74) is 6.13. The van der Waals surface area contributed by atoms with E-state index in [0.717, 1.165) is 42.1 Å². The van der Waals surface area contributed by atoms with Gasteiger partial charge >= 0.3 is 0 Å². The van der Waals surface area contributed by atoms with E-state index in [-0.39, 0.29) is 11.5 Å². The van der Waals surface area contributed by atoms with Gasteiger partial charge in [-0.15, -0.1) is 0 Å². The van der Waals surface area contributed by atoms with Gasteiger partial charge in [-0.25, -0.2) is 4.98 Å². The minimum absolute atomic E-state index is 0.0213. The number of aromatic hydroxyl groups is 1. The number of hydrogen-bond donors (Lipinski definition) is 3. The van der Waals surface area contributed by atoms with Crippen LogP contribution in [-0.2, 0) is 13.0 Å². The molecule has 158 valence electrons. The lowest BCUT2D eigenvalue weighted by molar-refractivity contribution is 0.0995. The molecule has 0 amide bonds. The minimum atomic E-state index is 0.0213. The Bertz CT molecular complexity index is 1150. The number of rotatable bonds is 4. The molecule has 2 aliphatic heterocycles. The highest BCUT2D eigenvalue weighted by Crippen LogP contribution is 2.35. The van der Waals surface area contributed by atoms with E-state index in [1.54, 1.807) is 24.4 Å². The molecule has 2 aliphatic rings. The highest BCUT2D eigenvalue weighted by Gasteiger charge is 2.24. The topological polar surface area (TPSA) is 77.5 Å². The third-order valence-electron chi connectivity index (χ3n) is 6.10. The van der Waals surface area contributed by atoms with Crippen molar-refractivity contribution in [3.63, 3.8) is 0 Å². The van der Waals surface area contributed by atoms with Crippen molar-refractivity contribution >= 4 is 28.7 Å². The molecule has 1 fully saturated rings. The number of pyridine rings is 1. The Morgan fingerprint density at radius 3 is 2.77 bits per heavy atom. The zero-order chi connectivity index (χ0) is 21.4. The number of fused-ring (bicyclic) bond motifs is 2. The molecule has 0 saturated carbocycles. The summed E-state index contributed by atoms with van der Waals surface area (Å²) in [4.78, 5) is 20.2. The van der Waals surface area contributed by atoms with Gasteiger partial charge in [-0.1, -0.05) is 18.2 Å². The Morgan fingerprint density at radius 1 is 1.10 bits per heavy atom. The number of likely N-dealkylation sites (tertiary alicyclic amines) is 1. The number of aryl methyl sites for hydroxylation is 1. The second-order valence-corrected chi connectivity index (χ2v) is 8.41. The van der Waals surface area contributed by atoms with E-state index in [2.05, 4.69) is 38.7 Å². The summed E-state index contributed by atoms with van der Waals surface area (Å²) in [5.74, 6) is 0.752. The number of Topliss-reactive ketones (excluding diaryl/α,β-unsaturated/α-hetero) is 1. The minimum Gasteiger partial charge on any atom is -0.508 e. The number of phenols is 1. The molecular weight excluding hydrogens is 388 g/mol. The van der Waals surface area contributed by atoms with E-state index in [9.17, 15) is 9.90 Å². The van der Waals surface area contributed by atoms with Crippen LogP contribution < -0.4 is 10.6 Å². The molecule has 6 nitrogen and oxygen atoms in total. The summed E-state index contributed by atoms with van der Waals surface area (Å²) in [7, 11) is 0. The smallest absolute Gasteiger partial charge is 0.173 e. The van der Waals surface area contributed by atoms with Crippen LogP contribution in [0.4, 0.5) is 22.9 Å². The van der Waals surface area contributed by atoms with Gasteiger partial charge < -0.3 is 15.7 Å². The average molecular weight is 415 g/mol. The molecule has 0 aliphatic carbocycles. The summed E-state index contributed by atoms with van der Waals surface area (Å²) < 4.78 is 0. The first-order chi connectivity index (χ1) is 15.1. The summed E-state index contributed by atoms with van der Waals surface area (Å²) in [6, 6.07) is 13.3. The monoisotopic (exact) mass is 414 g/mol. The molecule has 3 N–H and O–H groups in total. The van der Waals surface area contributed by atoms with Gasteiger partial charge in [-0.3, -0.25) is 9.69 Å². The van der Waals surface area contributed by atoms with Crippen molar-refractivity contribution in [1.82, 2.24) is 9.88 Å². The average Bonchev–Trinajstić information content (AvgIpc) is 3.20. The van der Waals surface area contributed by atoms with E-state index in [0.29, 0.717) is 23.5 Å². The van der Waals surface area contributed by atoms with Crippen LogP contribution in [0.25, 0.3) is 0 Å². The first kappa shape index (κ1) is 19.6. The SMILES string of the molecule is Cc1ccc(O)cc1Nc1ccnc2c1C(=O)Cc1cc(CN3CCCC3)ccc1N2. The van der Waals surface area contributed by atoms with Crippen LogP contribution in [-0.4, -0.2) is 33.9 Å². The quantitative estimate of drug-likeness (QED) is 0.563. The van der Waals surface area contributed by atoms with Gasteiger partial charge in [-0.2, -0.15) is 0 Å². The van der Waals surface area contributed by atoms with Gasteiger partial charge in [0.05, 0.1) is 11.3 Å². The van der Waals surface area contributed by atoms with E-state index in [4.69, 9.17) is 0 Å². The molecule has 0 atom stereocenters. The van der Waals surface area contributed by atoms with Crippen molar-refractivity contribution in [3.8, 4) is 5.75 Å². The Morgan fingerprint density at radius 2 is 1.94 bits per heavy atom. The van der Waals surface area contributed by atoms with Gasteiger partial charge in [0.1, 0.15) is 11.6 Å². The first-order valence-corrected chi connectivity index (χ1v) is 10.8. The predicted molar refractivity (Wildman–Crippen MR) is 123 cm³/mol. The van der Waals surface area contributed by atoms with E-state index >= 15 is 0 Å². The van der Waals surface area contributed by atoms with Gasteiger partial charge in [0.25, 0.3) is 0 Å². The number of phenolic OH excluding ortho intramolecular Hbond substituents is 1. The molecule has 0 radical (unpaired) electrons. The fraction of sp³-hybridized carbons (Fsp3) is 0.280. The Kier molecular flexibility index (Phi) is 5.08. The number of anilines is 4. The zero-order valence-electron chi connectivity index (χ0n) is 17.6. The normalized spacial score (nSPS) is 15.7. The Labute approximate surface area is 181 Å². The number of nitrogens with zero attached hydrogens (tertiary/aromatic N) is 2. The molecule has 3 heterocycles. The Balaban J connectivity index is 1.46. The highest BCUT2D eigenvalue weighted by molar-refractivity contribution is 6.09. The molecule has 6 heteroatoms. The lowest BCUT2D eigenvalue weighted by atomic mass is 10.0. The number of nitrogens with one attached hydrogen (secondary N) is 2. The molecular formula is C25H26N4O2. The third kappa shape index (κ3) is 3.99. The molecule has 0 spiro atoms. The van der Waals surface area contributed by atoms with Crippen LogP contribution >= 0.6 is 0 Å². The van der Waals surface area contributed by atoms with Crippen molar-refractivity contribution < 1.29 is 9.90 Å². The van der Waals surface area contributed by atoms with Crippen LogP contribution in [0, 0.1) is 6.92 Å². The van der Waals surface area contributed by atoms with Crippen molar-refractivity contribution in [2.45, 2.75) is 32.7 Å². The number of ketones is 1. The number of hydrogen-bond acceptors (Lipinski definition) is 6. The van der Waals surface area contributed by atoms with Crippen molar-refractivity contribution in [1.29, 1.82) is 0 Å². The number of aromatic nitrogens is 1. The lowest BCUT2D eigenvalue weighted by Gasteiger charge is -2.16. The summed E-state index contributed by atoms with van der Waals surface area (Å²) in [6.07, 6.45) is 4.54. The van der Waals surface area contributed by atoms with Crippen LogP contribution in [0.5, 0.6) is 5.75 Å². The summed E-state index contributed by atoms with van der Waals surface area (Å²) in [6.45, 7) is 5.18. The number of benzene rings is 2. The number of carbonyl (C=O) groups is 1. The second-order valence-electron chi connectivity index (χ2n) is 8.41. The molecule has 1 saturated heterocycles. The van der Waals surface area contributed by atoms with E-state index in [1.165, 1.54) is 18.4 Å². The maximum absolute atomic E-state index is 13.3. The highest BCUT2D eigenvalue weighted by atomic mass is 16.3. The Hall–Kier alpha value is -3.38. The van der Waals surface area contributed by atoms with Gasteiger partial charge in [0.2, 0.25) is 0 Å². The molecule has 3 aromatic rings. The molecule has 0 bridgehead atoms. The van der Waals surface area contributed by atoms with E-state index < -0.39 is 0 Å². The lowest BCUT2D eigenvalue weighted by Crippen LogP contribution is -2.18. The van der Waals surface area contributed by atoms with Crippen LogP contribution in [0.15, 0.2) is 48.7 Å². The summed E-state index contributed by atoms with van der Waals surface area (Å²) >= 11 is 0. The fourth-order valence-corrected chi connectivity index (χ4v) is 4.43. The molecule has 31 heavy (non-hydrogen) atoms. The molecule has 0 unspecified atom stereocenters. The molecule has 5 rings (SSSR count). The van der Waals surface area contributed by atoms with Gasteiger partial charge in [0, 0.05) is 36.6 Å². The second kappa shape index (κ2) is 8.04. The fourth-order valence-electron chi connectivity index (χ4n) is 4.43. The van der Waals surface area contributed by atoms with Crippen molar-refractivity contribution in [3.05, 3.63) is 70.9 Å². The molecule has 2 aromatic carbocycles. The van der Waals surface area contributed by atoms with E-state index in [1.807, 2.05) is 13.0 Å². The third-order valence-corrected chi connectivity index (χ3v) is 6.10. The maximum atomic E-state index is 13.3. The zero-order valence-corrected chi connectivity index (χ0v) is 17.6. The van der Waals surface area contributed by atoms with Crippen molar-refractivity contribution in [2.75, 3.05) is 23.7 Å². The maximum Gasteiger partial charge on any atom is 0.173 e. The first-order valence-electron chi connectivity index (χ1n) is 10.8. The van der Waals surface area contributed by atoms with Crippen LogP contribution in [0.1, 0.15) is 39.9 Å². The van der Waals surface area contributed by atoms with Crippen LogP contribution in [0.2, 0.25) is 0 Å². The predicted octanol–water partition coefficient (Wildman–Crippen LogP) is 4.92. The summed E-state index contributed by atoms with van der Waals surface area (Å²) in [5, 5.41) is 16.6. The van der Waals surface area contributed by atoms with Gasteiger partial charge in [-0.05, 0) is 67.7 Å². The largest absolute Gasteiger partial charge is 0.508 e. The van der Waals surface area contributed by atoms with Crippen LogP contribution in [0.3, 0.4) is 0 Å². The van der Waals surface area contributed by atoms with Gasteiger partial charge in [0.15, 0.2) is 5.78 Å². The standard InChI is InChI=1S/C25H26N4O2/c1-16-4-6-19(30)14-22(16)27-21-8-9-26-25-24(21)23(31)13-18-12-17(5-7-20(18)28-25)15-29-10-2-3-11-29/h4-9,12,14,30H,2-3,10-11,13,15H2,1H3,(H2,26,27,28). The van der Waals surface area contributed by atoms with Crippen molar-refractivity contribution in [2.24, 2.45) is 0 Å². The number of carbonyl (C=O) groups excluding carboxylic acids is 1. The molecule has 1 aromatic heterocycles.